The van der Waals surface area contributed by atoms with Gasteiger partial charge >= 0.3 is 0 Å². The maximum atomic E-state index is 12.9. The summed E-state index contributed by atoms with van der Waals surface area (Å²) in [4.78, 5) is 4.36. The van der Waals surface area contributed by atoms with Crippen LogP contribution < -0.4 is 5.32 Å². The molecule has 2 aromatic rings. The normalized spacial score (nSPS) is 13.4. The van der Waals surface area contributed by atoms with Gasteiger partial charge < -0.3 is 5.32 Å². The predicted molar refractivity (Wildman–Crippen MR) is 57.1 cm³/mol. The van der Waals surface area contributed by atoms with Gasteiger partial charge in [-0.1, -0.05) is 0 Å². The highest BCUT2D eigenvalue weighted by Gasteiger charge is 2.09. The molecule has 0 aliphatic carbocycles. The maximum Gasteiger partial charge on any atom is 0.125 e. The van der Waals surface area contributed by atoms with Crippen molar-refractivity contribution in [3.05, 3.63) is 29.0 Å². The zero-order valence-corrected chi connectivity index (χ0v) is 8.86. The number of thiazole rings is 1. The first-order valence-corrected chi connectivity index (χ1v) is 5.25. The van der Waals surface area contributed by atoms with Crippen molar-refractivity contribution in [1.82, 2.24) is 10.3 Å². The molecule has 1 unspecified atom stereocenters. The van der Waals surface area contributed by atoms with Gasteiger partial charge in [0, 0.05) is 6.07 Å². The highest BCUT2D eigenvalue weighted by molar-refractivity contribution is 7.18. The number of hydrogen-bond donors (Lipinski definition) is 1. The Bertz CT molecular complexity index is 452. The molecule has 0 saturated carbocycles. The third-order valence-electron chi connectivity index (χ3n) is 2.17. The van der Waals surface area contributed by atoms with E-state index >= 15 is 0 Å². The van der Waals surface area contributed by atoms with E-state index in [0.29, 0.717) is 0 Å². The zero-order valence-electron chi connectivity index (χ0n) is 8.04. The van der Waals surface area contributed by atoms with Crippen molar-refractivity contribution in [1.29, 1.82) is 0 Å². The second-order valence-corrected chi connectivity index (χ2v) is 4.24. The summed E-state index contributed by atoms with van der Waals surface area (Å²) >= 11 is 1.60. The zero-order chi connectivity index (χ0) is 10.1. The van der Waals surface area contributed by atoms with E-state index in [9.17, 15) is 4.39 Å². The second-order valence-electron chi connectivity index (χ2n) is 3.17. The lowest BCUT2D eigenvalue weighted by molar-refractivity contribution is 0.629. The molecule has 74 valence electrons. The van der Waals surface area contributed by atoms with Gasteiger partial charge in [-0.3, -0.25) is 0 Å². The molecule has 1 aromatic heterocycles. The molecule has 0 bridgehead atoms. The monoisotopic (exact) mass is 210 g/mol. The lowest BCUT2D eigenvalue weighted by atomic mass is 10.3. The summed E-state index contributed by atoms with van der Waals surface area (Å²) < 4.78 is 13.9. The van der Waals surface area contributed by atoms with Gasteiger partial charge in [-0.25, -0.2) is 9.37 Å². The van der Waals surface area contributed by atoms with E-state index in [2.05, 4.69) is 10.3 Å². The standard InChI is InChI=1S/C10H11FN2S/c1-6(12-2)10-13-8-5-7(11)3-4-9(8)14-10/h3-6,12H,1-2H3. The number of hydrogen-bond acceptors (Lipinski definition) is 3. The lowest BCUT2D eigenvalue weighted by Crippen LogP contribution is -2.11. The maximum absolute atomic E-state index is 12.9. The summed E-state index contributed by atoms with van der Waals surface area (Å²) in [6, 6.07) is 4.93. The van der Waals surface area contributed by atoms with Crippen LogP contribution in [0.1, 0.15) is 18.0 Å². The number of nitrogens with zero attached hydrogens (tertiary/aromatic N) is 1. The molecule has 2 rings (SSSR count). The Morgan fingerprint density at radius 3 is 3.00 bits per heavy atom. The van der Waals surface area contributed by atoms with Crippen molar-refractivity contribution < 1.29 is 4.39 Å². The van der Waals surface area contributed by atoms with E-state index in [1.165, 1.54) is 12.1 Å². The first-order chi connectivity index (χ1) is 6.70. The summed E-state index contributed by atoms with van der Waals surface area (Å²) in [7, 11) is 1.89. The quantitative estimate of drug-likeness (QED) is 0.824. The Kier molecular flexibility index (Phi) is 2.48. The topological polar surface area (TPSA) is 24.9 Å². The average molecular weight is 210 g/mol. The van der Waals surface area contributed by atoms with E-state index in [1.807, 2.05) is 14.0 Å². The number of benzene rings is 1. The molecule has 1 aromatic carbocycles. The van der Waals surface area contributed by atoms with Crippen LogP contribution in [0.2, 0.25) is 0 Å². The van der Waals surface area contributed by atoms with Gasteiger partial charge in [-0.2, -0.15) is 0 Å². The Morgan fingerprint density at radius 2 is 2.29 bits per heavy atom. The number of nitrogens with one attached hydrogen (secondary N) is 1. The second kappa shape index (κ2) is 3.63. The number of rotatable bonds is 2. The lowest BCUT2D eigenvalue weighted by Gasteiger charge is -2.03. The summed E-state index contributed by atoms with van der Waals surface area (Å²) in [6.45, 7) is 2.04. The fourth-order valence-corrected chi connectivity index (χ4v) is 2.24. The van der Waals surface area contributed by atoms with Gasteiger partial charge in [0.15, 0.2) is 0 Å². The molecular weight excluding hydrogens is 199 g/mol. The summed E-state index contributed by atoms with van der Waals surface area (Å²) in [6.07, 6.45) is 0. The van der Waals surface area contributed by atoms with Gasteiger partial charge in [-0.15, -0.1) is 11.3 Å². The molecule has 14 heavy (non-hydrogen) atoms. The molecule has 0 radical (unpaired) electrons. The van der Waals surface area contributed by atoms with Crippen molar-refractivity contribution in [2.24, 2.45) is 0 Å². The minimum atomic E-state index is -0.230. The molecule has 0 spiro atoms. The highest BCUT2D eigenvalue weighted by atomic mass is 32.1. The molecular formula is C10H11FN2S. The summed E-state index contributed by atoms with van der Waals surface area (Å²) in [5, 5.41) is 4.10. The fraction of sp³-hybridized carbons (Fsp3) is 0.300. The van der Waals surface area contributed by atoms with Gasteiger partial charge in [0.05, 0.1) is 16.3 Å². The van der Waals surface area contributed by atoms with Crippen LogP contribution in [0.5, 0.6) is 0 Å². The van der Waals surface area contributed by atoms with E-state index in [-0.39, 0.29) is 11.9 Å². The molecule has 0 fully saturated rings. The van der Waals surface area contributed by atoms with E-state index < -0.39 is 0 Å². The van der Waals surface area contributed by atoms with Crippen LogP contribution >= 0.6 is 11.3 Å². The van der Waals surface area contributed by atoms with Crippen LogP contribution in [-0.2, 0) is 0 Å². The molecule has 0 saturated heterocycles. The number of aromatic nitrogens is 1. The predicted octanol–water partition coefficient (Wildman–Crippen LogP) is 2.72. The molecule has 1 heterocycles. The highest BCUT2D eigenvalue weighted by Crippen LogP contribution is 2.26. The molecule has 0 amide bonds. The third kappa shape index (κ3) is 1.63. The molecule has 1 N–H and O–H groups in total. The Morgan fingerprint density at radius 1 is 1.50 bits per heavy atom. The average Bonchev–Trinajstić information content (AvgIpc) is 2.59. The van der Waals surface area contributed by atoms with Crippen molar-refractivity contribution in [2.75, 3.05) is 7.05 Å². The van der Waals surface area contributed by atoms with Gasteiger partial charge in [0.2, 0.25) is 0 Å². The molecule has 4 heteroatoms. The van der Waals surface area contributed by atoms with Crippen molar-refractivity contribution in [3.8, 4) is 0 Å². The SMILES string of the molecule is CNC(C)c1nc2cc(F)ccc2s1. The van der Waals surface area contributed by atoms with Crippen LogP contribution in [0.3, 0.4) is 0 Å². The minimum Gasteiger partial charge on any atom is -0.311 e. The number of halogens is 1. The fourth-order valence-electron chi connectivity index (χ4n) is 1.23. The summed E-state index contributed by atoms with van der Waals surface area (Å²) in [5.74, 6) is -0.230. The Balaban J connectivity index is 2.51. The smallest absolute Gasteiger partial charge is 0.125 e. The van der Waals surface area contributed by atoms with Crippen LogP contribution in [0.4, 0.5) is 4.39 Å². The Hall–Kier alpha value is -1.00. The van der Waals surface area contributed by atoms with Crippen LogP contribution in [0, 0.1) is 5.82 Å². The summed E-state index contributed by atoms with van der Waals surface area (Å²) in [5.41, 5.74) is 0.743. The Labute approximate surface area is 85.8 Å². The van der Waals surface area contributed by atoms with Crippen molar-refractivity contribution in [2.45, 2.75) is 13.0 Å². The van der Waals surface area contributed by atoms with Crippen LogP contribution in [0.25, 0.3) is 10.2 Å². The van der Waals surface area contributed by atoms with Crippen LogP contribution in [-0.4, -0.2) is 12.0 Å². The minimum absolute atomic E-state index is 0.218. The number of fused-ring (bicyclic) bond motifs is 1. The van der Waals surface area contributed by atoms with Gasteiger partial charge in [-0.05, 0) is 26.1 Å². The van der Waals surface area contributed by atoms with E-state index in [1.54, 1.807) is 17.4 Å². The van der Waals surface area contributed by atoms with Gasteiger partial charge in [0.25, 0.3) is 0 Å². The molecule has 0 aliphatic heterocycles. The van der Waals surface area contributed by atoms with Gasteiger partial charge in [0.1, 0.15) is 10.8 Å². The first-order valence-electron chi connectivity index (χ1n) is 4.44. The molecule has 1 atom stereocenters. The third-order valence-corrected chi connectivity index (χ3v) is 3.39. The van der Waals surface area contributed by atoms with Crippen molar-refractivity contribution >= 4 is 21.6 Å². The van der Waals surface area contributed by atoms with E-state index in [0.717, 1.165) is 15.2 Å². The largest absolute Gasteiger partial charge is 0.311 e. The molecule has 0 aliphatic rings. The van der Waals surface area contributed by atoms with Crippen molar-refractivity contribution in [3.63, 3.8) is 0 Å². The molecule has 2 nitrogen and oxygen atoms in total. The first kappa shape index (κ1) is 9.55. The van der Waals surface area contributed by atoms with Crippen LogP contribution in [0.15, 0.2) is 18.2 Å². The van der Waals surface area contributed by atoms with E-state index in [4.69, 9.17) is 0 Å².